The molecule has 0 saturated carbocycles. The Balaban J connectivity index is 4.08. The number of carbonyl (C=O) groups excluding carboxylic acids is 3. The zero-order valence-corrected chi connectivity index (χ0v) is 11.8. The Morgan fingerprint density at radius 3 is 2.21 bits per heavy atom. The third-order valence-corrected chi connectivity index (χ3v) is 1.95. The molecule has 0 aliphatic rings. The van der Waals surface area contributed by atoms with Crippen molar-refractivity contribution in [3.05, 3.63) is 11.8 Å². The molecule has 0 aliphatic heterocycles. The molecular weight excluding hydrogens is 248 g/mol. The molecule has 0 rings (SSSR count). The zero-order valence-electron chi connectivity index (χ0n) is 11.8. The Morgan fingerprint density at radius 1 is 1.05 bits per heavy atom. The summed E-state index contributed by atoms with van der Waals surface area (Å²) < 4.78 is 0. The molecule has 7 heteroatoms. The van der Waals surface area contributed by atoms with E-state index in [1.54, 1.807) is 13.8 Å². The van der Waals surface area contributed by atoms with Gasteiger partial charge in [-0.25, -0.2) is 0 Å². The molecule has 0 aromatic heterocycles. The van der Waals surface area contributed by atoms with Crippen LogP contribution in [-0.4, -0.2) is 30.8 Å². The van der Waals surface area contributed by atoms with Gasteiger partial charge in [0.05, 0.1) is 0 Å². The van der Waals surface area contributed by atoms with E-state index >= 15 is 0 Å². The van der Waals surface area contributed by atoms with Crippen LogP contribution >= 0.6 is 0 Å². The van der Waals surface area contributed by atoms with Gasteiger partial charge >= 0.3 is 11.8 Å². The molecule has 0 spiro atoms. The minimum absolute atomic E-state index is 0.268. The Bertz CT molecular complexity index is 364. The van der Waals surface area contributed by atoms with Crippen LogP contribution in [0.2, 0.25) is 0 Å². The molecule has 7 nitrogen and oxygen atoms in total. The van der Waals surface area contributed by atoms with E-state index in [0.717, 1.165) is 0 Å². The summed E-state index contributed by atoms with van der Waals surface area (Å²) in [5, 5.41) is 5.05. The third kappa shape index (κ3) is 8.64. The first kappa shape index (κ1) is 16.9. The quantitative estimate of drug-likeness (QED) is 0.295. The SMILES string of the molecule is CCNC(=O)C=C(C)NNC(=O)C(=O)NCC(C)C. The fraction of sp³-hybridized carbons (Fsp3) is 0.583. The van der Waals surface area contributed by atoms with Crippen molar-refractivity contribution in [1.29, 1.82) is 0 Å². The lowest BCUT2D eigenvalue weighted by Gasteiger charge is -2.10. The number of rotatable bonds is 6. The van der Waals surface area contributed by atoms with Crippen LogP contribution in [0.4, 0.5) is 0 Å². The number of nitrogens with one attached hydrogen (secondary N) is 4. The molecular formula is C12H22N4O3. The van der Waals surface area contributed by atoms with Gasteiger partial charge < -0.3 is 16.1 Å². The molecule has 0 aromatic carbocycles. The highest BCUT2D eigenvalue weighted by atomic mass is 16.2. The number of hydrogen-bond donors (Lipinski definition) is 4. The largest absolute Gasteiger partial charge is 0.353 e. The van der Waals surface area contributed by atoms with Gasteiger partial charge in [0.25, 0.3) is 0 Å². The highest BCUT2D eigenvalue weighted by molar-refractivity contribution is 6.34. The van der Waals surface area contributed by atoms with E-state index in [1.807, 2.05) is 13.8 Å². The van der Waals surface area contributed by atoms with E-state index in [0.29, 0.717) is 18.8 Å². The fourth-order valence-corrected chi connectivity index (χ4v) is 1.05. The summed E-state index contributed by atoms with van der Waals surface area (Å²) in [7, 11) is 0. The summed E-state index contributed by atoms with van der Waals surface area (Å²) in [6.45, 7) is 8.20. The number of allylic oxidation sites excluding steroid dienone is 1. The normalized spacial score (nSPS) is 10.9. The summed E-state index contributed by atoms with van der Waals surface area (Å²) in [6, 6.07) is 0. The minimum Gasteiger partial charge on any atom is -0.353 e. The fourth-order valence-electron chi connectivity index (χ4n) is 1.05. The lowest BCUT2D eigenvalue weighted by molar-refractivity contribution is -0.139. The van der Waals surface area contributed by atoms with Gasteiger partial charge in [-0.05, 0) is 19.8 Å². The average molecular weight is 270 g/mol. The second-order valence-electron chi connectivity index (χ2n) is 4.40. The van der Waals surface area contributed by atoms with Gasteiger partial charge in [-0.15, -0.1) is 0 Å². The second kappa shape index (κ2) is 8.96. The summed E-state index contributed by atoms with van der Waals surface area (Å²) in [5.74, 6) is -1.52. The molecule has 0 heterocycles. The summed E-state index contributed by atoms with van der Waals surface area (Å²) in [6.07, 6.45) is 1.29. The molecule has 4 N–H and O–H groups in total. The monoisotopic (exact) mass is 270 g/mol. The molecule has 0 aromatic rings. The topological polar surface area (TPSA) is 99.3 Å². The summed E-state index contributed by atoms with van der Waals surface area (Å²) in [5.41, 5.74) is 5.11. The Hall–Kier alpha value is -2.05. The lowest BCUT2D eigenvalue weighted by Crippen LogP contribution is -2.46. The molecule has 0 radical (unpaired) electrons. The van der Waals surface area contributed by atoms with E-state index in [4.69, 9.17) is 0 Å². The maximum atomic E-state index is 11.4. The molecule has 19 heavy (non-hydrogen) atoms. The van der Waals surface area contributed by atoms with Crippen molar-refractivity contribution in [2.24, 2.45) is 5.92 Å². The van der Waals surface area contributed by atoms with E-state index in [2.05, 4.69) is 21.5 Å². The van der Waals surface area contributed by atoms with Gasteiger partial charge in [-0.2, -0.15) is 0 Å². The second-order valence-corrected chi connectivity index (χ2v) is 4.40. The van der Waals surface area contributed by atoms with E-state index < -0.39 is 11.8 Å². The molecule has 0 unspecified atom stereocenters. The minimum atomic E-state index is -0.802. The molecule has 0 saturated heterocycles. The first-order valence-corrected chi connectivity index (χ1v) is 6.17. The first-order valence-electron chi connectivity index (χ1n) is 6.17. The Kier molecular flexibility index (Phi) is 7.99. The predicted molar refractivity (Wildman–Crippen MR) is 71.6 cm³/mol. The first-order chi connectivity index (χ1) is 8.86. The smallest absolute Gasteiger partial charge is 0.327 e. The van der Waals surface area contributed by atoms with Gasteiger partial charge in [0.2, 0.25) is 5.91 Å². The number of carbonyl (C=O) groups is 3. The van der Waals surface area contributed by atoms with Crippen LogP contribution in [0.3, 0.4) is 0 Å². The lowest BCUT2D eigenvalue weighted by atomic mass is 10.2. The molecule has 108 valence electrons. The van der Waals surface area contributed by atoms with Gasteiger partial charge in [0.15, 0.2) is 0 Å². The van der Waals surface area contributed by atoms with Crippen LogP contribution in [0, 0.1) is 5.92 Å². The third-order valence-electron chi connectivity index (χ3n) is 1.95. The number of hydrazine groups is 1. The van der Waals surface area contributed by atoms with Crippen molar-refractivity contribution in [3.63, 3.8) is 0 Å². The Labute approximate surface area is 113 Å². The zero-order chi connectivity index (χ0) is 14.8. The van der Waals surface area contributed by atoms with E-state index in [1.165, 1.54) is 6.08 Å². The Morgan fingerprint density at radius 2 is 1.68 bits per heavy atom. The van der Waals surface area contributed by atoms with Crippen LogP contribution in [0.25, 0.3) is 0 Å². The maximum absolute atomic E-state index is 11.4. The van der Waals surface area contributed by atoms with Crippen LogP contribution in [0.1, 0.15) is 27.7 Å². The van der Waals surface area contributed by atoms with Crippen LogP contribution in [0.5, 0.6) is 0 Å². The van der Waals surface area contributed by atoms with E-state index in [-0.39, 0.29) is 11.8 Å². The van der Waals surface area contributed by atoms with Crippen molar-refractivity contribution in [2.75, 3.05) is 13.1 Å². The highest BCUT2D eigenvalue weighted by Crippen LogP contribution is 1.87. The molecule has 0 fully saturated rings. The average Bonchev–Trinajstić information content (AvgIpc) is 2.33. The highest BCUT2D eigenvalue weighted by Gasteiger charge is 2.12. The molecule has 0 aliphatic carbocycles. The van der Waals surface area contributed by atoms with Crippen LogP contribution in [0.15, 0.2) is 11.8 Å². The van der Waals surface area contributed by atoms with Gasteiger partial charge in [-0.3, -0.25) is 19.8 Å². The van der Waals surface area contributed by atoms with Crippen molar-refractivity contribution in [2.45, 2.75) is 27.7 Å². The number of likely N-dealkylation sites (N-methyl/N-ethyl adjacent to an activating group) is 1. The molecule has 3 amide bonds. The number of amides is 3. The van der Waals surface area contributed by atoms with Crippen molar-refractivity contribution in [1.82, 2.24) is 21.5 Å². The van der Waals surface area contributed by atoms with Crippen LogP contribution < -0.4 is 21.5 Å². The standard InChI is InChI=1S/C12H22N4O3/c1-5-13-10(17)6-9(4)15-16-12(19)11(18)14-7-8(2)3/h6,8,15H,5,7H2,1-4H3,(H,13,17)(H,14,18)(H,16,19). The van der Waals surface area contributed by atoms with Gasteiger partial charge in [-0.1, -0.05) is 13.8 Å². The molecule has 0 bridgehead atoms. The van der Waals surface area contributed by atoms with Crippen molar-refractivity contribution < 1.29 is 14.4 Å². The number of hydrogen-bond acceptors (Lipinski definition) is 4. The van der Waals surface area contributed by atoms with Crippen molar-refractivity contribution >= 4 is 17.7 Å². The predicted octanol–water partition coefficient (Wildman–Crippen LogP) is -0.581. The van der Waals surface area contributed by atoms with Crippen molar-refractivity contribution in [3.8, 4) is 0 Å². The van der Waals surface area contributed by atoms with Crippen LogP contribution in [-0.2, 0) is 14.4 Å². The van der Waals surface area contributed by atoms with E-state index in [9.17, 15) is 14.4 Å². The molecule has 0 atom stereocenters. The van der Waals surface area contributed by atoms with Gasteiger partial charge in [0.1, 0.15) is 0 Å². The summed E-state index contributed by atoms with van der Waals surface area (Å²) >= 11 is 0. The van der Waals surface area contributed by atoms with Gasteiger partial charge in [0, 0.05) is 24.9 Å². The summed E-state index contributed by atoms with van der Waals surface area (Å²) in [4.78, 5) is 33.9. The maximum Gasteiger partial charge on any atom is 0.327 e.